The molecule has 2 rings (SSSR count). The number of carbonyl (C=O) groups excluding carboxylic acids is 2. The molecule has 0 saturated carbocycles. The van der Waals surface area contributed by atoms with Crippen LogP contribution in [-0.2, 0) is 4.79 Å². The van der Waals surface area contributed by atoms with Gasteiger partial charge in [-0.25, -0.2) is 0 Å². The number of benzene rings is 1. The van der Waals surface area contributed by atoms with E-state index in [1.54, 1.807) is 18.4 Å². The van der Waals surface area contributed by atoms with Crippen molar-refractivity contribution in [3.8, 4) is 0 Å². The Labute approximate surface area is 129 Å². The number of furan rings is 1. The highest BCUT2D eigenvalue weighted by atomic mass is 16.3. The number of amides is 2. The number of rotatable bonds is 6. The molecular formula is C17H20N2O3. The lowest BCUT2D eigenvalue weighted by Crippen LogP contribution is -2.32. The fraction of sp³-hybridized carbons (Fsp3) is 0.294. The second-order valence-corrected chi connectivity index (χ2v) is 5.18. The van der Waals surface area contributed by atoms with E-state index in [0.717, 1.165) is 5.56 Å². The standard InChI is InChI=1S/C17H20N2O3/c1-12-5-3-6-14(11-12)17(21)18-9-8-16(20)19-13(2)15-7-4-10-22-15/h3-7,10-11,13H,8-9H2,1-2H3,(H,18,21)(H,19,20). The van der Waals surface area contributed by atoms with Gasteiger partial charge in [0.05, 0.1) is 12.3 Å². The van der Waals surface area contributed by atoms with E-state index >= 15 is 0 Å². The van der Waals surface area contributed by atoms with Crippen molar-refractivity contribution in [3.05, 3.63) is 59.5 Å². The van der Waals surface area contributed by atoms with Gasteiger partial charge in [-0.05, 0) is 38.1 Å². The van der Waals surface area contributed by atoms with Crippen molar-refractivity contribution in [3.63, 3.8) is 0 Å². The molecule has 1 unspecified atom stereocenters. The lowest BCUT2D eigenvalue weighted by molar-refractivity contribution is -0.121. The van der Waals surface area contributed by atoms with Crippen LogP contribution in [0.4, 0.5) is 0 Å². The maximum Gasteiger partial charge on any atom is 0.251 e. The average molecular weight is 300 g/mol. The third-order valence-corrected chi connectivity index (χ3v) is 3.27. The van der Waals surface area contributed by atoms with Crippen molar-refractivity contribution in [2.24, 2.45) is 0 Å². The van der Waals surface area contributed by atoms with E-state index in [4.69, 9.17) is 4.42 Å². The molecule has 0 radical (unpaired) electrons. The molecule has 0 bridgehead atoms. The van der Waals surface area contributed by atoms with E-state index in [1.165, 1.54) is 0 Å². The zero-order valence-corrected chi connectivity index (χ0v) is 12.8. The SMILES string of the molecule is Cc1cccc(C(=O)NCCC(=O)NC(C)c2ccco2)c1. The Bertz CT molecular complexity index is 635. The van der Waals surface area contributed by atoms with E-state index in [1.807, 2.05) is 38.1 Å². The molecule has 2 aromatic rings. The van der Waals surface area contributed by atoms with Gasteiger partial charge in [-0.1, -0.05) is 17.7 Å². The monoisotopic (exact) mass is 300 g/mol. The lowest BCUT2D eigenvalue weighted by atomic mass is 10.1. The van der Waals surface area contributed by atoms with Gasteiger partial charge < -0.3 is 15.1 Å². The smallest absolute Gasteiger partial charge is 0.251 e. The van der Waals surface area contributed by atoms with Crippen molar-refractivity contribution in [2.45, 2.75) is 26.3 Å². The summed E-state index contributed by atoms with van der Waals surface area (Å²) >= 11 is 0. The van der Waals surface area contributed by atoms with Crippen molar-refractivity contribution >= 4 is 11.8 Å². The summed E-state index contributed by atoms with van der Waals surface area (Å²) in [6.07, 6.45) is 1.79. The lowest BCUT2D eigenvalue weighted by Gasteiger charge is -2.11. The third-order valence-electron chi connectivity index (χ3n) is 3.27. The molecule has 0 aliphatic heterocycles. The number of nitrogens with one attached hydrogen (secondary N) is 2. The number of carbonyl (C=O) groups is 2. The van der Waals surface area contributed by atoms with Crippen LogP contribution >= 0.6 is 0 Å². The highest BCUT2D eigenvalue weighted by Crippen LogP contribution is 2.12. The molecule has 5 heteroatoms. The third kappa shape index (κ3) is 4.48. The largest absolute Gasteiger partial charge is 0.467 e. The van der Waals surface area contributed by atoms with E-state index < -0.39 is 0 Å². The Kier molecular flexibility index (Phi) is 5.36. The molecule has 1 atom stereocenters. The second kappa shape index (κ2) is 7.45. The van der Waals surface area contributed by atoms with Crippen molar-refractivity contribution in [1.82, 2.24) is 10.6 Å². The summed E-state index contributed by atoms with van der Waals surface area (Å²) in [5.74, 6) is 0.404. The highest BCUT2D eigenvalue weighted by molar-refractivity contribution is 5.94. The Balaban J connectivity index is 1.74. The molecule has 1 aromatic carbocycles. The van der Waals surface area contributed by atoms with Gasteiger partial charge in [0.2, 0.25) is 5.91 Å². The second-order valence-electron chi connectivity index (χ2n) is 5.18. The number of hydrogen-bond donors (Lipinski definition) is 2. The first-order valence-corrected chi connectivity index (χ1v) is 7.24. The summed E-state index contributed by atoms with van der Waals surface area (Å²) in [6.45, 7) is 4.08. The molecule has 1 aromatic heterocycles. The first kappa shape index (κ1) is 15.8. The van der Waals surface area contributed by atoms with Gasteiger partial charge in [0.15, 0.2) is 0 Å². The highest BCUT2D eigenvalue weighted by Gasteiger charge is 2.12. The van der Waals surface area contributed by atoms with Gasteiger partial charge in [-0.3, -0.25) is 9.59 Å². The van der Waals surface area contributed by atoms with Gasteiger partial charge >= 0.3 is 0 Å². The van der Waals surface area contributed by atoms with Crippen LogP contribution in [0.25, 0.3) is 0 Å². The fourth-order valence-electron chi connectivity index (χ4n) is 2.10. The van der Waals surface area contributed by atoms with Gasteiger partial charge in [0, 0.05) is 18.5 Å². The van der Waals surface area contributed by atoms with Crippen LogP contribution in [0.3, 0.4) is 0 Å². The van der Waals surface area contributed by atoms with Gasteiger partial charge in [0.1, 0.15) is 5.76 Å². The average Bonchev–Trinajstić information content (AvgIpc) is 3.01. The zero-order valence-electron chi connectivity index (χ0n) is 12.8. The van der Waals surface area contributed by atoms with E-state index in [2.05, 4.69) is 10.6 Å². The molecule has 2 amide bonds. The van der Waals surface area contributed by atoms with E-state index in [9.17, 15) is 9.59 Å². The van der Waals surface area contributed by atoms with Crippen LogP contribution in [0.15, 0.2) is 47.1 Å². The molecule has 22 heavy (non-hydrogen) atoms. The van der Waals surface area contributed by atoms with Gasteiger partial charge in [0.25, 0.3) is 5.91 Å². The fourth-order valence-corrected chi connectivity index (χ4v) is 2.10. The first-order valence-electron chi connectivity index (χ1n) is 7.24. The van der Waals surface area contributed by atoms with Crippen LogP contribution in [-0.4, -0.2) is 18.4 Å². The zero-order chi connectivity index (χ0) is 15.9. The Morgan fingerprint density at radius 2 is 2.05 bits per heavy atom. The molecule has 116 valence electrons. The van der Waals surface area contributed by atoms with Gasteiger partial charge in [-0.2, -0.15) is 0 Å². The van der Waals surface area contributed by atoms with Crippen molar-refractivity contribution in [1.29, 1.82) is 0 Å². The van der Waals surface area contributed by atoms with Crippen LogP contribution < -0.4 is 10.6 Å². The predicted octanol–water partition coefficient (Wildman–Crippen LogP) is 2.59. The molecule has 0 saturated heterocycles. The van der Waals surface area contributed by atoms with Crippen molar-refractivity contribution in [2.75, 3.05) is 6.54 Å². The molecule has 0 aliphatic carbocycles. The maximum atomic E-state index is 11.9. The normalized spacial score (nSPS) is 11.7. The van der Waals surface area contributed by atoms with Crippen LogP contribution in [0, 0.1) is 6.92 Å². The Morgan fingerprint density at radius 1 is 1.23 bits per heavy atom. The summed E-state index contributed by atoms with van der Waals surface area (Å²) in [6, 6.07) is 10.7. The minimum atomic E-state index is -0.185. The van der Waals surface area contributed by atoms with E-state index in [0.29, 0.717) is 17.9 Å². The quantitative estimate of drug-likeness (QED) is 0.861. The molecule has 0 aliphatic rings. The van der Waals surface area contributed by atoms with Crippen molar-refractivity contribution < 1.29 is 14.0 Å². The first-order chi connectivity index (χ1) is 10.6. The summed E-state index contributed by atoms with van der Waals surface area (Å²) in [7, 11) is 0. The van der Waals surface area contributed by atoms with E-state index in [-0.39, 0.29) is 24.3 Å². The minimum absolute atomic E-state index is 0.131. The molecule has 2 N–H and O–H groups in total. The summed E-state index contributed by atoms with van der Waals surface area (Å²) in [5.41, 5.74) is 1.63. The Hall–Kier alpha value is -2.56. The number of aryl methyl sites for hydroxylation is 1. The molecule has 5 nitrogen and oxygen atoms in total. The molecule has 1 heterocycles. The minimum Gasteiger partial charge on any atom is -0.467 e. The Morgan fingerprint density at radius 3 is 2.73 bits per heavy atom. The van der Waals surface area contributed by atoms with Crippen LogP contribution in [0.2, 0.25) is 0 Å². The summed E-state index contributed by atoms with van der Waals surface area (Å²) in [5, 5.41) is 5.56. The van der Waals surface area contributed by atoms with Crippen LogP contribution in [0.1, 0.15) is 41.1 Å². The van der Waals surface area contributed by atoms with Crippen LogP contribution in [0.5, 0.6) is 0 Å². The topological polar surface area (TPSA) is 71.3 Å². The molecule has 0 spiro atoms. The molecule has 0 fully saturated rings. The summed E-state index contributed by atoms with van der Waals surface area (Å²) < 4.78 is 5.22. The number of hydrogen-bond acceptors (Lipinski definition) is 3. The maximum absolute atomic E-state index is 11.9. The molecular weight excluding hydrogens is 280 g/mol. The van der Waals surface area contributed by atoms with Gasteiger partial charge in [-0.15, -0.1) is 0 Å². The summed E-state index contributed by atoms with van der Waals surface area (Å²) in [4.78, 5) is 23.7. The predicted molar refractivity (Wildman–Crippen MR) is 83.4 cm³/mol.